The predicted octanol–water partition coefficient (Wildman–Crippen LogP) is 12.1. The topological polar surface area (TPSA) is 94.1 Å². The van der Waals surface area contributed by atoms with E-state index >= 15 is 0 Å². The number of quaternary nitrogens is 1. The summed E-state index contributed by atoms with van der Waals surface area (Å²) in [7, 11) is 1.31. The van der Waals surface area contributed by atoms with Gasteiger partial charge in [-0.25, -0.2) is 0 Å². The molecule has 2 atom stereocenters. The zero-order chi connectivity index (χ0) is 40.6. The predicted molar refractivity (Wildman–Crippen MR) is 231 cm³/mol. The molecule has 0 N–H and O–H groups in total. The minimum atomic E-state index is -4.54. The first-order valence-electron chi connectivity index (χ1n) is 21.7. The second-order valence-corrected chi connectivity index (χ2v) is 16.7. The average molecular weight is 792 g/mol. The van der Waals surface area contributed by atoms with Crippen LogP contribution in [0.5, 0.6) is 0 Å². The summed E-state index contributed by atoms with van der Waals surface area (Å²) in [5.41, 5.74) is 0. The van der Waals surface area contributed by atoms with Crippen molar-refractivity contribution in [3.05, 3.63) is 72.9 Å². The molecular weight excluding hydrogens is 709 g/mol. The number of likely N-dealkylation sites (N-methyl/N-ethyl adjacent to an activating group) is 1. The van der Waals surface area contributed by atoms with Gasteiger partial charge in [0.05, 0.1) is 34.4 Å². The number of unbranched alkanes of at least 4 members (excludes halogenated alkanes) is 13. The van der Waals surface area contributed by atoms with Crippen LogP contribution in [0, 0.1) is 0 Å². The van der Waals surface area contributed by atoms with Crippen LogP contribution in [0.2, 0.25) is 0 Å². The van der Waals surface area contributed by atoms with Gasteiger partial charge in [-0.2, -0.15) is 0 Å². The second-order valence-electron chi connectivity index (χ2n) is 15.3. The lowest BCUT2D eigenvalue weighted by Crippen LogP contribution is -2.37. The van der Waals surface area contributed by atoms with Gasteiger partial charge in [0.1, 0.15) is 19.3 Å². The highest BCUT2D eigenvalue weighted by Gasteiger charge is 2.20. The molecule has 0 aromatic heterocycles. The van der Waals surface area contributed by atoms with E-state index in [0.717, 1.165) is 70.6 Å². The molecule has 318 valence electrons. The number of allylic oxidation sites excluding steroid dienone is 12. The number of ether oxygens (including phenoxy) is 2. The Morgan fingerprint density at radius 1 is 0.582 bits per heavy atom. The Morgan fingerprint density at radius 2 is 1.04 bits per heavy atom. The lowest BCUT2D eigenvalue weighted by Gasteiger charge is -2.28. The van der Waals surface area contributed by atoms with Crippen LogP contribution in [0.1, 0.15) is 155 Å². The standard InChI is InChI=1S/C46H82NO7P/c1-6-8-10-12-14-16-18-20-21-22-23-24-25-26-28-30-32-34-36-38-41-51-43-45(44-53-55(49,50)52-42-40-47(3,4)5)54-46(48)39-37-35-33-31-29-27-19-17-15-13-11-9-7-2/h8,10,14,16,20-21,23-24,26,28,32,34,45H,6-7,9,11-13,15,17-19,22,25,27,29-31,33,35-44H2,1-5H3/b10-8-,16-14-,21-20-,24-23-,28-26-,34-32-. The van der Waals surface area contributed by atoms with Crippen LogP contribution in [-0.2, 0) is 27.9 Å². The van der Waals surface area contributed by atoms with Gasteiger partial charge in [0.2, 0.25) is 0 Å². The zero-order valence-electron chi connectivity index (χ0n) is 35.8. The van der Waals surface area contributed by atoms with Crippen LogP contribution in [-0.4, -0.2) is 70.7 Å². The van der Waals surface area contributed by atoms with Crippen LogP contribution in [0.15, 0.2) is 72.9 Å². The molecule has 0 rings (SSSR count). The molecule has 0 saturated heterocycles. The Balaban J connectivity index is 4.36. The third-order valence-electron chi connectivity index (χ3n) is 8.77. The number of nitrogens with zero attached hydrogens (tertiary/aromatic N) is 1. The molecule has 0 aliphatic heterocycles. The Labute approximate surface area is 338 Å². The molecule has 2 unspecified atom stereocenters. The van der Waals surface area contributed by atoms with Crippen molar-refractivity contribution < 1.29 is 37.3 Å². The van der Waals surface area contributed by atoms with Crippen molar-refractivity contribution >= 4 is 13.8 Å². The summed E-state index contributed by atoms with van der Waals surface area (Å²) in [5.74, 6) is -0.357. The highest BCUT2D eigenvalue weighted by Crippen LogP contribution is 2.38. The van der Waals surface area contributed by atoms with Gasteiger partial charge >= 0.3 is 5.97 Å². The Bertz CT molecular complexity index is 1110. The van der Waals surface area contributed by atoms with Crippen LogP contribution in [0.3, 0.4) is 0 Å². The lowest BCUT2D eigenvalue weighted by atomic mass is 10.0. The summed E-state index contributed by atoms with van der Waals surface area (Å²) in [6.45, 7) is 5.12. The summed E-state index contributed by atoms with van der Waals surface area (Å²) in [5, 5.41) is 0. The van der Waals surface area contributed by atoms with E-state index in [4.69, 9.17) is 18.5 Å². The number of esters is 1. The number of hydrogen-bond acceptors (Lipinski definition) is 7. The molecule has 0 saturated carbocycles. The highest BCUT2D eigenvalue weighted by molar-refractivity contribution is 7.45. The van der Waals surface area contributed by atoms with Crippen LogP contribution < -0.4 is 4.89 Å². The fraction of sp³-hybridized carbons (Fsp3) is 0.717. The molecule has 0 aliphatic carbocycles. The Hall–Kier alpha value is -2.06. The zero-order valence-corrected chi connectivity index (χ0v) is 36.7. The van der Waals surface area contributed by atoms with Crippen molar-refractivity contribution in [2.75, 3.05) is 54.1 Å². The smallest absolute Gasteiger partial charge is 0.306 e. The molecule has 0 aromatic rings. The molecule has 0 fully saturated rings. The Morgan fingerprint density at radius 3 is 1.51 bits per heavy atom. The number of carbonyl (C=O) groups is 1. The average Bonchev–Trinajstić information content (AvgIpc) is 3.13. The maximum atomic E-state index is 12.6. The fourth-order valence-corrected chi connectivity index (χ4v) is 6.17. The van der Waals surface area contributed by atoms with E-state index in [2.05, 4.69) is 86.8 Å². The van der Waals surface area contributed by atoms with E-state index < -0.39 is 13.9 Å². The van der Waals surface area contributed by atoms with E-state index in [1.165, 1.54) is 64.2 Å². The van der Waals surface area contributed by atoms with Gasteiger partial charge in [0.15, 0.2) is 0 Å². The molecule has 0 amide bonds. The van der Waals surface area contributed by atoms with E-state index in [1.54, 1.807) is 0 Å². The van der Waals surface area contributed by atoms with E-state index in [1.807, 2.05) is 21.1 Å². The van der Waals surface area contributed by atoms with Crippen molar-refractivity contribution in [2.45, 2.75) is 161 Å². The number of hydrogen-bond donors (Lipinski definition) is 0. The van der Waals surface area contributed by atoms with Crippen LogP contribution in [0.25, 0.3) is 0 Å². The molecule has 0 spiro atoms. The molecule has 0 radical (unpaired) electrons. The number of phosphoric ester groups is 1. The molecule has 8 nitrogen and oxygen atoms in total. The van der Waals surface area contributed by atoms with E-state index in [0.29, 0.717) is 24.1 Å². The molecular formula is C46H82NO7P. The molecule has 0 aliphatic rings. The van der Waals surface area contributed by atoms with Gasteiger partial charge in [-0.05, 0) is 57.8 Å². The van der Waals surface area contributed by atoms with Crippen molar-refractivity contribution in [1.29, 1.82) is 0 Å². The van der Waals surface area contributed by atoms with Gasteiger partial charge in [-0.15, -0.1) is 0 Å². The van der Waals surface area contributed by atoms with Gasteiger partial charge in [0, 0.05) is 13.0 Å². The fourth-order valence-electron chi connectivity index (χ4n) is 5.44. The molecule has 0 aromatic carbocycles. The van der Waals surface area contributed by atoms with Crippen molar-refractivity contribution in [2.24, 2.45) is 0 Å². The van der Waals surface area contributed by atoms with Gasteiger partial charge in [0.25, 0.3) is 7.82 Å². The van der Waals surface area contributed by atoms with Crippen molar-refractivity contribution in [1.82, 2.24) is 0 Å². The Kier molecular flexibility index (Phi) is 37.3. The molecule has 55 heavy (non-hydrogen) atoms. The molecule has 0 heterocycles. The minimum absolute atomic E-state index is 0.0128. The third kappa shape index (κ3) is 42.9. The van der Waals surface area contributed by atoms with Gasteiger partial charge < -0.3 is 27.9 Å². The summed E-state index contributed by atoms with van der Waals surface area (Å²) in [4.78, 5) is 25.0. The number of rotatable bonds is 39. The summed E-state index contributed by atoms with van der Waals surface area (Å²) >= 11 is 0. The summed E-state index contributed by atoms with van der Waals surface area (Å²) < 4.78 is 34.5. The number of carbonyl (C=O) groups excluding carboxylic acids is 1. The second kappa shape index (κ2) is 38.8. The largest absolute Gasteiger partial charge is 0.756 e. The first-order chi connectivity index (χ1) is 26.6. The van der Waals surface area contributed by atoms with E-state index in [-0.39, 0.29) is 25.8 Å². The van der Waals surface area contributed by atoms with Gasteiger partial charge in [-0.1, -0.05) is 164 Å². The molecule has 0 bridgehead atoms. The first kappa shape index (κ1) is 52.9. The third-order valence-corrected chi connectivity index (χ3v) is 9.74. The minimum Gasteiger partial charge on any atom is -0.756 e. The first-order valence-corrected chi connectivity index (χ1v) is 23.1. The summed E-state index contributed by atoms with van der Waals surface area (Å²) in [6, 6.07) is 0. The van der Waals surface area contributed by atoms with Crippen LogP contribution >= 0.6 is 7.82 Å². The molecule has 9 heteroatoms. The number of phosphoric acid groups is 1. The SMILES string of the molecule is CC/C=C\C/C=C\C/C=C\C/C=C\C/C=C\C/C=C\CCCOCC(COP(=O)([O-])OCC[N+](C)(C)C)OC(=O)CCCCCCCCCCCCCCC. The van der Waals surface area contributed by atoms with Crippen molar-refractivity contribution in [3.8, 4) is 0 Å². The van der Waals surface area contributed by atoms with E-state index in [9.17, 15) is 14.3 Å². The summed E-state index contributed by atoms with van der Waals surface area (Å²) in [6.07, 6.45) is 49.3. The monoisotopic (exact) mass is 792 g/mol. The highest BCUT2D eigenvalue weighted by atomic mass is 31.2. The maximum Gasteiger partial charge on any atom is 0.306 e. The maximum absolute atomic E-state index is 12.6. The lowest BCUT2D eigenvalue weighted by molar-refractivity contribution is -0.870. The van der Waals surface area contributed by atoms with Gasteiger partial charge in [-0.3, -0.25) is 9.36 Å². The van der Waals surface area contributed by atoms with Crippen molar-refractivity contribution in [3.63, 3.8) is 0 Å². The quantitative estimate of drug-likeness (QED) is 0.0201. The van der Waals surface area contributed by atoms with Crippen LogP contribution in [0.4, 0.5) is 0 Å². The normalized spacial score (nSPS) is 14.5.